The second-order valence-electron chi connectivity index (χ2n) is 5.37. The van der Waals surface area contributed by atoms with E-state index in [2.05, 4.69) is 25.3 Å². The van der Waals surface area contributed by atoms with Crippen LogP contribution in [0.2, 0.25) is 0 Å². The van der Waals surface area contributed by atoms with Crippen LogP contribution in [0.4, 0.5) is 5.69 Å². The molecule has 0 spiro atoms. The molecule has 0 aliphatic heterocycles. The molecule has 0 saturated heterocycles. The minimum Gasteiger partial charge on any atom is -0.355 e. The Morgan fingerprint density at radius 2 is 2.11 bits per heavy atom. The molecule has 1 aromatic carbocycles. The molecule has 0 unspecified atom stereocenters. The van der Waals surface area contributed by atoms with Crippen LogP contribution in [0.5, 0.6) is 0 Å². The number of sulfonamides is 1. The van der Waals surface area contributed by atoms with Gasteiger partial charge in [-0.2, -0.15) is 0 Å². The SMILES string of the molecule is CN=C(NCCNS(=O)(=O)c1cccc([N+](=O)[O-])c1)NCc1ncc(C)s1. The van der Waals surface area contributed by atoms with E-state index in [1.165, 1.54) is 18.2 Å². The van der Waals surface area contributed by atoms with Crippen LogP contribution in [0, 0.1) is 17.0 Å². The average molecular weight is 412 g/mol. The fraction of sp³-hybridized carbons (Fsp3) is 0.333. The third-order valence-corrected chi connectivity index (χ3v) is 5.72. The van der Waals surface area contributed by atoms with E-state index < -0.39 is 14.9 Å². The van der Waals surface area contributed by atoms with Gasteiger partial charge in [0.2, 0.25) is 10.0 Å². The Kier molecular flexibility index (Phi) is 7.21. The first-order valence-electron chi connectivity index (χ1n) is 7.92. The molecule has 27 heavy (non-hydrogen) atoms. The van der Waals surface area contributed by atoms with Crippen LogP contribution in [0.15, 0.2) is 40.4 Å². The summed E-state index contributed by atoms with van der Waals surface area (Å²) in [5, 5.41) is 17.8. The first-order valence-corrected chi connectivity index (χ1v) is 10.2. The van der Waals surface area contributed by atoms with E-state index in [1.807, 2.05) is 6.92 Å². The summed E-state index contributed by atoms with van der Waals surface area (Å²) in [5.41, 5.74) is -0.280. The summed E-state index contributed by atoms with van der Waals surface area (Å²) >= 11 is 1.58. The number of hydrogen-bond donors (Lipinski definition) is 3. The van der Waals surface area contributed by atoms with Crippen molar-refractivity contribution in [2.24, 2.45) is 4.99 Å². The number of benzene rings is 1. The predicted molar refractivity (Wildman–Crippen MR) is 103 cm³/mol. The van der Waals surface area contributed by atoms with Crippen molar-refractivity contribution < 1.29 is 13.3 Å². The Morgan fingerprint density at radius 3 is 2.74 bits per heavy atom. The van der Waals surface area contributed by atoms with Gasteiger partial charge in [0.25, 0.3) is 5.69 Å². The maximum Gasteiger partial charge on any atom is 0.270 e. The second kappa shape index (κ2) is 9.39. The van der Waals surface area contributed by atoms with Crippen molar-refractivity contribution in [3.63, 3.8) is 0 Å². The fourth-order valence-electron chi connectivity index (χ4n) is 2.08. The van der Waals surface area contributed by atoms with E-state index in [9.17, 15) is 18.5 Å². The molecule has 3 N–H and O–H groups in total. The van der Waals surface area contributed by atoms with Crippen LogP contribution >= 0.6 is 11.3 Å². The number of aliphatic imine (C=N–C) groups is 1. The molecule has 146 valence electrons. The minimum atomic E-state index is -3.84. The highest BCUT2D eigenvalue weighted by atomic mass is 32.2. The first kappa shape index (κ1) is 20.7. The normalized spacial score (nSPS) is 12.0. The van der Waals surface area contributed by atoms with Gasteiger partial charge >= 0.3 is 0 Å². The van der Waals surface area contributed by atoms with Crippen LogP contribution in [0.25, 0.3) is 0 Å². The van der Waals surface area contributed by atoms with Gasteiger partial charge in [0.15, 0.2) is 5.96 Å². The lowest BCUT2D eigenvalue weighted by Gasteiger charge is -2.11. The zero-order valence-electron chi connectivity index (χ0n) is 14.8. The number of nitrogens with zero attached hydrogens (tertiary/aromatic N) is 3. The van der Waals surface area contributed by atoms with Crippen molar-refractivity contribution in [3.05, 3.63) is 50.5 Å². The van der Waals surface area contributed by atoms with Crippen LogP contribution < -0.4 is 15.4 Å². The Labute approximate surface area is 160 Å². The molecule has 10 nitrogen and oxygen atoms in total. The summed E-state index contributed by atoms with van der Waals surface area (Å²) in [6.07, 6.45) is 1.79. The number of aryl methyl sites for hydroxylation is 1. The number of aromatic nitrogens is 1. The van der Waals surface area contributed by atoms with Gasteiger partial charge in [0, 0.05) is 43.3 Å². The van der Waals surface area contributed by atoms with Gasteiger partial charge in [-0.25, -0.2) is 18.1 Å². The van der Waals surface area contributed by atoms with Gasteiger partial charge in [-0.15, -0.1) is 11.3 Å². The topological polar surface area (TPSA) is 139 Å². The second-order valence-corrected chi connectivity index (χ2v) is 8.46. The van der Waals surface area contributed by atoms with Crippen molar-refractivity contribution in [3.8, 4) is 0 Å². The Balaban J connectivity index is 1.82. The lowest BCUT2D eigenvalue weighted by Crippen LogP contribution is -2.41. The monoisotopic (exact) mass is 412 g/mol. The lowest BCUT2D eigenvalue weighted by atomic mass is 10.3. The first-order chi connectivity index (χ1) is 12.8. The Hall–Kier alpha value is -2.57. The molecular weight excluding hydrogens is 392 g/mol. The van der Waals surface area contributed by atoms with Crippen molar-refractivity contribution in [1.29, 1.82) is 0 Å². The zero-order valence-corrected chi connectivity index (χ0v) is 16.4. The summed E-state index contributed by atoms with van der Waals surface area (Å²) in [7, 11) is -2.23. The minimum absolute atomic E-state index is 0.0854. The molecule has 2 rings (SSSR count). The van der Waals surface area contributed by atoms with Gasteiger partial charge in [0.1, 0.15) is 5.01 Å². The number of nitro benzene ring substituents is 1. The summed E-state index contributed by atoms with van der Waals surface area (Å²) < 4.78 is 26.8. The molecule has 0 radical (unpaired) electrons. The highest BCUT2D eigenvalue weighted by Crippen LogP contribution is 2.16. The predicted octanol–water partition coefficient (Wildman–Crippen LogP) is 1.00. The summed E-state index contributed by atoms with van der Waals surface area (Å²) in [4.78, 5) is 19.4. The molecule has 2 aromatic rings. The van der Waals surface area contributed by atoms with Crippen LogP contribution in [-0.4, -0.2) is 44.4 Å². The molecular formula is C15H20N6O4S2. The highest BCUT2D eigenvalue weighted by Gasteiger charge is 2.17. The number of nitro groups is 1. The number of rotatable bonds is 8. The quantitative estimate of drug-likeness (QED) is 0.193. The zero-order chi connectivity index (χ0) is 19.9. The largest absolute Gasteiger partial charge is 0.355 e. The smallest absolute Gasteiger partial charge is 0.270 e. The molecule has 1 aromatic heterocycles. The van der Waals surface area contributed by atoms with Crippen molar-refractivity contribution in [2.45, 2.75) is 18.4 Å². The molecule has 0 atom stereocenters. The van der Waals surface area contributed by atoms with Gasteiger partial charge < -0.3 is 10.6 Å². The van der Waals surface area contributed by atoms with Crippen molar-refractivity contribution >= 4 is 33.0 Å². The maximum atomic E-state index is 12.2. The molecule has 0 saturated carbocycles. The summed E-state index contributed by atoms with van der Waals surface area (Å²) in [5.74, 6) is 0.511. The lowest BCUT2D eigenvalue weighted by molar-refractivity contribution is -0.385. The average Bonchev–Trinajstić information content (AvgIpc) is 3.06. The molecule has 1 heterocycles. The van der Waals surface area contributed by atoms with E-state index in [0.29, 0.717) is 12.5 Å². The van der Waals surface area contributed by atoms with E-state index in [1.54, 1.807) is 24.6 Å². The maximum absolute atomic E-state index is 12.2. The molecule has 0 bridgehead atoms. The number of hydrogen-bond acceptors (Lipinski definition) is 7. The Bertz CT molecular complexity index is 926. The van der Waals surface area contributed by atoms with Crippen molar-refractivity contribution in [2.75, 3.05) is 20.1 Å². The van der Waals surface area contributed by atoms with E-state index in [-0.39, 0.29) is 23.7 Å². The van der Waals surface area contributed by atoms with E-state index in [0.717, 1.165) is 16.0 Å². The standard InChI is InChI=1S/C15H20N6O4S2/c1-11-9-18-14(26-11)10-19-15(16-2)17-6-7-20-27(24,25)13-5-3-4-12(8-13)21(22)23/h3-5,8-9,20H,6-7,10H2,1-2H3,(H2,16,17,19). The molecule has 0 aliphatic carbocycles. The molecule has 12 heteroatoms. The van der Waals surface area contributed by atoms with Gasteiger partial charge in [-0.05, 0) is 13.0 Å². The van der Waals surface area contributed by atoms with Gasteiger partial charge in [0.05, 0.1) is 16.4 Å². The van der Waals surface area contributed by atoms with Crippen LogP contribution in [0.3, 0.4) is 0 Å². The third kappa shape index (κ3) is 6.27. The van der Waals surface area contributed by atoms with Gasteiger partial charge in [-0.3, -0.25) is 15.1 Å². The van der Waals surface area contributed by atoms with Crippen LogP contribution in [-0.2, 0) is 16.6 Å². The molecule has 0 amide bonds. The number of thiazole rings is 1. The van der Waals surface area contributed by atoms with E-state index >= 15 is 0 Å². The molecule has 0 fully saturated rings. The van der Waals surface area contributed by atoms with E-state index in [4.69, 9.17) is 0 Å². The molecule has 0 aliphatic rings. The highest BCUT2D eigenvalue weighted by molar-refractivity contribution is 7.89. The fourth-order valence-corrected chi connectivity index (χ4v) is 3.87. The summed E-state index contributed by atoms with van der Waals surface area (Å²) in [6, 6.07) is 4.89. The Morgan fingerprint density at radius 1 is 1.33 bits per heavy atom. The summed E-state index contributed by atoms with van der Waals surface area (Å²) in [6.45, 7) is 2.85. The number of guanidine groups is 1. The number of nitrogens with one attached hydrogen (secondary N) is 3. The van der Waals surface area contributed by atoms with Crippen molar-refractivity contribution in [1.82, 2.24) is 20.3 Å². The third-order valence-electron chi connectivity index (χ3n) is 3.35. The van der Waals surface area contributed by atoms with Gasteiger partial charge in [-0.1, -0.05) is 6.07 Å². The number of non-ortho nitro benzene ring substituents is 1. The van der Waals surface area contributed by atoms with Crippen LogP contribution in [0.1, 0.15) is 9.88 Å².